The second-order valence-electron chi connectivity index (χ2n) is 8.72. The Hall–Kier alpha value is -2.12. The summed E-state index contributed by atoms with van der Waals surface area (Å²) >= 11 is 0. The molecule has 1 aromatic heterocycles. The van der Waals surface area contributed by atoms with Crippen molar-refractivity contribution in [1.82, 2.24) is 9.97 Å². The van der Waals surface area contributed by atoms with Gasteiger partial charge in [0.1, 0.15) is 11.5 Å². The molecule has 0 saturated carbocycles. The monoisotopic (exact) mass is 416 g/mol. The summed E-state index contributed by atoms with van der Waals surface area (Å²) < 4.78 is 17.6. The fraction of sp³-hybridized carbons (Fsp3) is 0.545. The molecule has 7 heteroatoms. The highest BCUT2D eigenvalue weighted by Crippen LogP contribution is 2.36. The number of benzene rings is 1. The van der Waals surface area contributed by atoms with E-state index < -0.39 is 8.32 Å². The zero-order valence-corrected chi connectivity index (χ0v) is 19.8. The molecule has 1 heterocycles. The first-order valence-electron chi connectivity index (χ1n) is 9.98. The van der Waals surface area contributed by atoms with Crippen molar-refractivity contribution >= 4 is 14.3 Å². The number of aryl methyl sites for hydroxylation is 1. The minimum absolute atomic E-state index is 0.225. The van der Waals surface area contributed by atoms with E-state index in [0.29, 0.717) is 13.0 Å². The quantitative estimate of drug-likeness (QED) is 0.477. The summed E-state index contributed by atoms with van der Waals surface area (Å²) in [5, 5.41) is 0.225. The Bertz CT molecular complexity index is 819. The molecule has 29 heavy (non-hydrogen) atoms. The third-order valence-corrected chi connectivity index (χ3v) is 10.0. The molecular weight excluding hydrogens is 382 g/mol. The molecule has 6 nitrogen and oxygen atoms in total. The van der Waals surface area contributed by atoms with Crippen molar-refractivity contribution in [1.29, 1.82) is 0 Å². The molecule has 2 rings (SSSR count). The zero-order valence-electron chi connectivity index (χ0n) is 18.8. The smallest absolute Gasteiger partial charge is 0.220 e. The van der Waals surface area contributed by atoms with Crippen molar-refractivity contribution in [3.8, 4) is 11.5 Å². The van der Waals surface area contributed by atoms with Crippen LogP contribution in [0.15, 0.2) is 18.2 Å². The van der Waals surface area contributed by atoms with E-state index in [2.05, 4.69) is 50.0 Å². The first-order chi connectivity index (χ1) is 13.5. The van der Waals surface area contributed by atoms with Crippen molar-refractivity contribution in [3.63, 3.8) is 0 Å². The molecular formula is C22H34N3O3Si. The van der Waals surface area contributed by atoms with Crippen LogP contribution in [-0.4, -0.2) is 38.6 Å². The van der Waals surface area contributed by atoms with Gasteiger partial charge in [0.05, 0.1) is 19.9 Å². The van der Waals surface area contributed by atoms with Crippen LogP contribution in [-0.2, 0) is 10.8 Å². The Morgan fingerprint density at radius 1 is 1.17 bits per heavy atom. The molecule has 0 fully saturated rings. The van der Waals surface area contributed by atoms with Crippen molar-refractivity contribution < 1.29 is 13.9 Å². The van der Waals surface area contributed by atoms with Gasteiger partial charge in [-0.1, -0.05) is 26.8 Å². The molecule has 0 aliphatic heterocycles. The highest BCUT2D eigenvalue weighted by Gasteiger charge is 2.36. The first-order valence-corrected chi connectivity index (χ1v) is 12.9. The second kappa shape index (κ2) is 9.58. The van der Waals surface area contributed by atoms with Crippen LogP contribution in [0.4, 0.5) is 5.95 Å². The minimum Gasteiger partial charge on any atom is -0.496 e. The largest absolute Gasteiger partial charge is 0.496 e. The minimum atomic E-state index is -1.70. The SMILES string of the molecule is COc1cc(OCCCO[Si](C)(C)C(C)(C)C)ccc1Cc1[c]nc(N)nc1C. The number of hydrogen-bond acceptors (Lipinski definition) is 6. The van der Waals surface area contributed by atoms with Gasteiger partial charge in [-0.05, 0) is 36.7 Å². The molecule has 2 N–H and O–H groups in total. The van der Waals surface area contributed by atoms with Crippen LogP contribution < -0.4 is 15.2 Å². The molecule has 0 amide bonds. The molecule has 0 atom stereocenters. The van der Waals surface area contributed by atoms with E-state index in [0.717, 1.165) is 41.3 Å². The van der Waals surface area contributed by atoms with E-state index in [9.17, 15) is 0 Å². The number of ether oxygens (including phenoxy) is 2. The van der Waals surface area contributed by atoms with E-state index in [1.807, 2.05) is 25.1 Å². The molecule has 0 saturated heterocycles. The summed E-state index contributed by atoms with van der Waals surface area (Å²) in [7, 11) is -0.0400. The average molecular weight is 417 g/mol. The maximum Gasteiger partial charge on any atom is 0.220 e. The Morgan fingerprint density at radius 3 is 2.52 bits per heavy atom. The van der Waals surface area contributed by atoms with Gasteiger partial charge in [0.2, 0.25) is 5.95 Å². The predicted molar refractivity (Wildman–Crippen MR) is 119 cm³/mol. The number of anilines is 1. The third kappa shape index (κ3) is 6.44. The first kappa shape index (κ1) is 23.2. The second-order valence-corrected chi connectivity index (χ2v) is 13.5. The number of nitrogen functional groups attached to an aromatic ring is 1. The van der Waals surface area contributed by atoms with Gasteiger partial charge in [-0.25, -0.2) is 9.97 Å². The maximum absolute atomic E-state index is 6.19. The highest BCUT2D eigenvalue weighted by molar-refractivity contribution is 6.74. The number of aromatic nitrogens is 2. The van der Waals surface area contributed by atoms with Crippen LogP contribution >= 0.6 is 0 Å². The predicted octanol–water partition coefficient (Wildman–Crippen LogP) is 4.56. The Kier molecular flexibility index (Phi) is 7.65. The van der Waals surface area contributed by atoms with Crippen LogP contribution in [0.3, 0.4) is 0 Å². The zero-order chi connectivity index (χ0) is 21.7. The van der Waals surface area contributed by atoms with Gasteiger partial charge in [0.25, 0.3) is 0 Å². The molecule has 0 spiro atoms. The Labute approximate surface area is 175 Å². The lowest BCUT2D eigenvalue weighted by Gasteiger charge is -2.36. The summed E-state index contributed by atoms with van der Waals surface area (Å²) in [6.07, 6.45) is 4.43. The molecule has 1 aromatic carbocycles. The van der Waals surface area contributed by atoms with Crippen LogP contribution in [0.25, 0.3) is 0 Å². The van der Waals surface area contributed by atoms with Crippen molar-refractivity contribution in [2.24, 2.45) is 0 Å². The average Bonchev–Trinajstić information content (AvgIpc) is 2.63. The van der Waals surface area contributed by atoms with Gasteiger partial charge in [-0.3, -0.25) is 0 Å². The fourth-order valence-corrected chi connectivity index (χ4v) is 3.67. The molecule has 159 valence electrons. The molecule has 0 aliphatic carbocycles. The lowest BCUT2D eigenvalue weighted by atomic mass is 10.0. The fourth-order valence-electron chi connectivity index (χ4n) is 2.58. The Morgan fingerprint density at radius 2 is 1.90 bits per heavy atom. The third-order valence-electron chi connectivity index (χ3n) is 5.48. The van der Waals surface area contributed by atoms with Crippen LogP contribution in [0.5, 0.6) is 11.5 Å². The van der Waals surface area contributed by atoms with E-state index >= 15 is 0 Å². The number of rotatable bonds is 9. The maximum atomic E-state index is 6.19. The molecule has 0 bridgehead atoms. The van der Waals surface area contributed by atoms with Crippen molar-refractivity contribution in [2.45, 2.75) is 58.7 Å². The Balaban J connectivity index is 1.91. The van der Waals surface area contributed by atoms with Crippen LogP contribution in [0.1, 0.15) is 44.0 Å². The molecule has 0 unspecified atom stereocenters. The van der Waals surface area contributed by atoms with Crippen LogP contribution in [0.2, 0.25) is 18.1 Å². The van der Waals surface area contributed by atoms with E-state index in [1.165, 1.54) is 0 Å². The number of hydrogen-bond donors (Lipinski definition) is 1. The standard InChI is InChI=1S/C22H34N3O3Si/c1-16-18(15-24-21(23)25-16)13-17-9-10-19(14-20(17)26-5)27-11-8-12-28-29(6,7)22(2,3)4/h9-10,14H,8,11-13H2,1-7H3,(H2,23,24,25). The van der Waals surface area contributed by atoms with Crippen molar-refractivity contribution in [2.75, 3.05) is 26.1 Å². The lowest BCUT2D eigenvalue weighted by Crippen LogP contribution is -2.41. The molecule has 0 aliphatic rings. The van der Waals surface area contributed by atoms with E-state index in [-0.39, 0.29) is 11.0 Å². The van der Waals surface area contributed by atoms with Crippen molar-refractivity contribution in [3.05, 3.63) is 41.2 Å². The highest BCUT2D eigenvalue weighted by atomic mass is 28.4. The number of nitrogens with zero attached hydrogens (tertiary/aromatic N) is 2. The van der Waals surface area contributed by atoms with E-state index in [4.69, 9.17) is 19.6 Å². The summed E-state index contributed by atoms with van der Waals surface area (Å²) in [5.74, 6) is 1.79. The van der Waals surface area contributed by atoms with Gasteiger partial charge >= 0.3 is 0 Å². The molecule has 2 aromatic rings. The van der Waals surface area contributed by atoms with Gasteiger partial charge in [0, 0.05) is 36.8 Å². The number of methoxy groups -OCH3 is 1. The normalized spacial score (nSPS) is 12.1. The summed E-state index contributed by atoms with van der Waals surface area (Å²) in [5.41, 5.74) is 8.35. The lowest BCUT2D eigenvalue weighted by molar-refractivity contribution is 0.233. The van der Waals surface area contributed by atoms with Gasteiger partial charge in [-0.2, -0.15) is 0 Å². The number of nitrogens with two attached hydrogens (primary N) is 1. The summed E-state index contributed by atoms with van der Waals surface area (Å²) in [6.45, 7) is 14.5. The summed E-state index contributed by atoms with van der Waals surface area (Å²) in [4.78, 5) is 8.16. The van der Waals surface area contributed by atoms with Crippen LogP contribution in [0, 0.1) is 13.1 Å². The van der Waals surface area contributed by atoms with Gasteiger partial charge in [0.15, 0.2) is 8.32 Å². The topological polar surface area (TPSA) is 79.5 Å². The molecule has 1 radical (unpaired) electrons. The van der Waals surface area contributed by atoms with E-state index in [1.54, 1.807) is 7.11 Å². The van der Waals surface area contributed by atoms with Gasteiger partial charge in [-0.15, -0.1) is 0 Å². The van der Waals surface area contributed by atoms with Gasteiger partial charge < -0.3 is 19.6 Å². The summed E-state index contributed by atoms with van der Waals surface area (Å²) in [6, 6.07) is 5.88.